The number of halogens is 3. The molecule has 0 aliphatic rings. The fourth-order valence-corrected chi connectivity index (χ4v) is 8.88. The van der Waals surface area contributed by atoms with Crippen LogP contribution < -0.4 is 15.6 Å². The Labute approximate surface area is 153 Å². The molecule has 0 spiro atoms. The van der Waals surface area contributed by atoms with E-state index in [-0.39, 0.29) is 0 Å². The van der Waals surface area contributed by atoms with Gasteiger partial charge in [-0.25, -0.2) is 0 Å². The third kappa shape index (κ3) is 2.83. The summed E-state index contributed by atoms with van der Waals surface area (Å²) in [6.07, 6.45) is 0. The molecule has 0 radical (unpaired) electrons. The highest BCUT2D eigenvalue weighted by molar-refractivity contribution is 9.13. The summed E-state index contributed by atoms with van der Waals surface area (Å²) in [5.74, 6) is 0. The van der Waals surface area contributed by atoms with Crippen molar-refractivity contribution < 1.29 is 0 Å². The first-order valence-electron chi connectivity index (χ1n) is 6.88. The van der Waals surface area contributed by atoms with Gasteiger partial charge in [-0.1, -0.05) is 72.8 Å². The van der Waals surface area contributed by atoms with Crippen LogP contribution in [0.1, 0.15) is 0 Å². The smallest absolute Gasteiger partial charge is 0.149 e. The summed E-state index contributed by atoms with van der Waals surface area (Å²) in [6, 6.07) is 26.9. The second-order valence-corrected chi connectivity index (χ2v) is 11.4. The minimum Gasteiger partial charge on any atom is -0.149 e. The molecular weight excluding hydrogens is 440 g/mol. The average Bonchev–Trinajstić information content (AvgIpc) is 2.58. The molecule has 0 aliphatic heterocycles. The molecule has 0 aliphatic carbocycles. The van der Waals surface area contributed by atoms with Gasteiger partial charge in [-0.15, -0.1) is 11.1 Å². The van der Waals surface area contributed by atoms with Gasteiger partial charge >= 0.3 is 0 Å². The lowest BCUT2D eigenvalue weighted by molar-refractivity contribution is 1.62. The Morgan fingerprint density at radius 3 is 1.64 bits per heavy atom. The van der Waals surface area contributed by atoms with E-state index in [4.69, 9.17) is 11.1 Å². The molecule has 3 rings (SSSR count). The second kappa shape index (κ2) is 6.71. The molecular formula is C18H13Br2ClSi. The monoisotopic (exact) mass is 450 g/mol. The Morgan fingerprint density at radius 2 is 1.14 bits per heavy atom. The number of rotatable bonds is 3. The van der Waals surface area contributed by atoms with Crippen LogP contribution in [0.5, 0.6) is 0 Å². The summed E-state index contributed by atoms with van der Waals surface area (Å²) in [6.45, 7) is 0. The summed E-state index contributed by atoms with van der Waals surface area (Å²) in [5, 5.41) is 3.52. The lowest BCUT2D eigenvalue weighted by atomic mass is 10.3. The minimum atomic E-state index is -2.56. The van der Waals surface area contributed by atoms with Gasteiger partial charge in [0.05, 0.1) is 0 Å². The molecule has 0 fully saturated rings. The first-order valence-corrected chi connectivity index (χ1v) is 11.5. The molecule has 22 heavy (non-hydrogen) atoms. The Kier molecular flexibility index (Phi) is 4.88. The minimum absolute atomic E-state index is 1.02. The van der Waals surface area contributed by atoms with E-state index < -0.39 is 7.38 Å². The van der Waals surface area contributed by atoms with E-state index >= 15 is 0 Å². The van der Waals surface area contributed by atoms with Crippen molar-refractivity contribution in [3.05, 3.63) is 87.8 Å². The van der Waals surface area contributed by atoms with Crippen LogP contribution in [0, 0.1) is 0 Å². The molecule has 0 nitrogen and oxygen atoms in total. The Morgan fingerprint density at radius 1 is 0.636 bits per heavy atom. The van der Waals surface area contributed by atoms with Crippen molar-refractivity contribution in [3.8, 4) is 0 Å². The first kappa shape index (κ1) is 16.0. The van der Waals surface area contributed by atoms with Crippen molar-refractivity contribution in [2.45, 2.75) is 0 Å². The molecule has 3 aromatic carbocycles. The highest BCUT2D eigenvalue weighted by Gasteiger charge is 2.39. The molecule has 0 saturated carbocycles. The number of hydrogen-bond donors (Lipinski definition) is 0. The topological polar surface area (TPSA) is 0 Å². The third-order valence-electron chi connectivity index (χ3n) is 3.67. The van der Waals surface area contributed by atoms with Crippen LogP contribution in [-0.2, 0) is 0 Å². The van der Waals surface area contributed by atoms with Gasteiger partial charge in [0.15, 0.2) is 0 Å². The molecule has 0 N–H and O–H groups in total. The highest BCUT2D eigenvalue weighted by atomic mass is 79.9. The maximum absolute atomic E-state index is 7.38. The van der Waals surface area contributed by atoms with Crippen molar-refractivity contribution in [1.29, 1.82) is 0 Å². The SMILES string of the molecule is Cl[Si](c1ccccc1)(c1ccccc1)c1cccc(Br)c1Br. The predicted molar refractivity (Wildman–Crippen MR) is 105 cm³/mol. The summed E-state index contributed by atoms with van der Waals surface area (Å²) < 4.78 is 2.05. The summed E-state index contributed by atoms with van der Waals surface area (Å²) in [7, 11) is -2.56. The molecule has 0 bridgehead atoms. The third-order valence-corrected chi connectivity index (χ3v) is 11.4. The fourth-order valence-electron chi connectivity index (χ4n) is 2.58. The molecule has 110 valence electrons. The van der Waals surface area contributed by atoms with E-state index in [0.717, 1.165) is 14.1 Å². The van der Waals surface area contributed by atoms with Crippen molar-refractivity contribution in [2.75, 3.05) is 0 Å². The van der Waals surface area contributed by atoms with Crippen LogP contribution in [-0.4, -0.2) is 7.38 Å². The highest BCUT2D eigenvalue weighted by Crippen LogP contribution is 2.24. The van der Waals surface area contributed by atoms with E-state index in [9.17, 15) is 0 Å². The lowest BCUT2D eigenvalue weighted by Crippen LogP contribution is -2.63. The molecule has 3 aromatic rings. The number of benzene rings is 3. The maximum Gasteiger partial charge on any atom is 0.249 e. The van der Waals surface area contributed by atoms with E-state index in [0.29, 0.717) is 0 Å². The van der Waals surface area contributed by atoms with Crippen LogP contribution >= 0.6 is 42.9 Å². The predicted octanol–water partition coefficient (Wildman–Crippen LogP) is 4.42. The normalized spacial score (nSPS) is 11.4. The zero-order chi connectivity index (χ0) is 15.6. The molecule has 0 saturated heterocycles. The Hall–Kier alpha value is -0.873. The van der Waals surface area contributed by atoms with Gasteiger partial charge < -0.3 is 0 Å². The largest absolute Gasteiger partial charge is 0.249 e. The van der Waals surface area contributed by atoms with Gasteiger partial charge in [-0.2, -0.15) is 0 Å². The van der Waals surface area contributed by atoms with Gasteiger partial charge in [0.1, 0.15) is 0 Å². The fraction of sp³-hybridized carbons (Fsp3) is 0. The second-order valence-electron chi connectivity index (χ2n) is 4.99. The van der Waals surface area contributed by atoms with E-state index in [1.54, 1.807) is 0 Å². The van der Waals surface area contributed by atoms with Crippen LogP contribution in [0.25, 0.3) is 0 Å². The Balaban J connectivity index is 2.31. The van der Waals surface area contributed by atoms with Crippen molar-refractivity contribution >= 4 is 65.9 Å². The molecule has 0 unspecified atom stereocenters. The van der Waals surface area contributed by atoms with Gasteiger partial charge in [0.25, 0.3) is 0 Å². The molecule has 0 atom stereocenters. The van der Waals surface area contributed by atoms with E-state index in [2.05, 4.69) is 62.2 Å². The summed E-state index contributed by atoms with van der Waals surface area (Å²) in [5.41, 5.74) is 0. The van der Waals surface area contributed by atoms with Crippen LogP contribution in [0.15, 0.2) is 87.8 Å². The summed E-state index contributed by atoms with van der Waals surface area (Å²) in [4.78, 5) is 0. The van der Waals surface area contributed by atoms with Crippen molar-refractivity contribution in [3.63, 3.8) is 0 Å². The zero-order valence-corrected chi connectivity index (χ0v) is 16.6. The van der Waals surface area contributed by atoms with Crippen LogP contribution in [0.4, 0.5) is 0 Å². The number of hydrogen-bond acceptors (Lipinski definition) is 0. The van der Waals surface area contributed by atoms with E-state index in [1.165, 1.54) is 10.4 Å². The lowest BCUT2D eigenvalue weighted by Gasteiger charge is -2.27. The zero-order valence-electron chi connectivity index (χ0n) is 11.6. The quantitative estimate of drug-likeness (QED) is 0.314. The molecule has 0 heterocycles. The molecule has 4 heteroatoms. The van der Waals surface area contributed by atoms with Gasteiger partial charge in [0, 0.05) is 8.95 Å². The first-order chi connectivity index (χ1) is 10.6. The van der Waals surface area contributed by atoms with Crippen molar-refractivity contribution in [1.82, 2.24) is 0 Å². The average molecular weight is 453 g/mol. The van der Waals surface area contributed by atoms with Crippen LogP contribution in [0.3, 0.4) is 0 Å². The molecule has 0 amide bonds. The van der Waals surface area contributed by atoms with Gasteiger partial charge in [-0.3, -0.25) is 0 Å². The Bertz CT molecular complexity index is 736. The van der Waals surface area contributed by atoms with Gasteiger partial charge in [-0.05, 0) is 53.5 Å². The summed E-state index contributed by atoms with van der Waals surface area (Å²) >= 11 is 14.7. The van der Waals surface area contributed by atoms with E-state index in [1.807, 2.05) is 48.5 Å². The standard InChI is InChI=1S/C18H13Br2ClSi/c19-16-12-7-13-17(18(16)20)22(21,14-8-3-1-4-9-14)15-10-5-2-6-11-15/h1-13H. The van der Waals surface area contributed by atoms with Crippen LogP contribution in [0.2, 0.25) is 0 Å². The van der Waals surface area contributed by atoms with Crippen molar-refractivity contribution in [2.24, 2.45) is 0 Å². The maximum atomic E-state index is 7.38. The van der Waals surface area contributed by atoms with Gasteiger partial charge in [0.2, 0.25) is 7.38 Å². The molecule has 0 aromatic heterocycles.